The molecule has 41 heavy (non-hydrogen) atoms. The third kappa shape index (κ3) is 8.16. The smallest absolute Gasteiger partial charge is 0.334 e. The Balaban J connectivity index is 1.40. The fourth-order valence-corrected chi connectivity index (χ4v) is 4.17. The maximum Gasteiger partial charge on any atom is 0.334 e. The van der Waals surface area contributed by atoms with Crippen LogP contribution in [0.2, 0.25) is 0 Å². The Hall–Kier alpha value is -4.69. The third-order valence-corrected chi connectivity index (χ3v) is 6.65. The van der Waals surface area contributed by atoms with E-state index >= 15 is 0 Å². The van der Waals surface area contributed by atoms with E-state index < -0.39 is 18.0 Å². The number of aliphatic hydroxyl groups excluding tert-OH is 1. The number of amides is 1. The number of hydrogen-bond donors (Lipinski definition) is 4. The number of rotatable bonds is 11. The first-order valence-electron chi connectivity index (χ1n) is 13.4. The number of nitrogens with zero attached hydrogens (tertiary/aromatic N) is 1. The van der Waals surface area contributed by atoms with Crippen LogP contribution in [0.15, 0.2) is 97.2 Å². The predicted octanol–water partition coefficient (Wildman–Crippen LogP) is 5.45. The molecule has 0 radical (unpaired) electrons. The SMILES string of the molecule is CC(C)(C)c1ccc(-c2ccc(OCC(Nc3ccc(C(=O)NCC(O)C(=O)O)cc3)c3ccccc3)nc2)cc1. The van der Waals surface area contributed by atoms with Gasteiger partial charge >= 0.3 is 5.97 Å². The predicted molar refractivity (Wildman–Crippen MR) is 159 cm³/mol. The normalized spacial score (nSPS) is 12.7. The maximum absolute atomic E-state index is 12.3. The number of nitrogens with one attached hydrogen (secondary N) is 2. The summed E-state index contributed by atoms with van der Waals surface area (Å²) in [5.41, 5.74) is 5.62. The van der Waals surface area contributed by atoms with Gasteiger partial charge < -0.3 is 25.6 Å². The Labute approximate surface area is 240 Å². The second kappa shape index (κ2) is 13.1. The van der Waals surface area contributed by atoms with Crippen LogP contribution in [0.1, 0.15) is 48.3 Å². The zero-order valence-electron chi connectivity index (χ0n) is 23.4. The van der Waals surface area contributed by atoms with E-state index in [-0.39, 0.29) is 18.0 Å². The molecule has 0 saturated heterocycles. The highest BCUT2D eigenvalue weighted by atomic mass is 16.5. The second-order valence-corrected chi connectivity index (χ2v) is 10.8. The Morgan fingerprint density at radius 2 is 1.54 bits per heavy atom. The number of carboxylic acid groups (broad SMARTS) is 1. The molecule has 2 unspecified atom stereocenters. The van der Waals surface area contributed by atoms with Crippen molar-refractivity contribution in [3.05, 3.63) is 114 Å². The molecule has 0 aliphatic rings. The number of aliphatic carboxylic acids is 1. The van der Waals surface area contributed by atoms with Crippen molar-refractivity contribution in [3.63, 3.8) is 0 Å². The van der Waals surface area contributed by atoms with Crippen molar-refractivity contribution < 1.29 is 24.5 Å². The highest BCUT2D eigenvalue weighted by Gasteiger charge is 2.17. The summed E-state index contributed by atoms with van der Waals surface area (Å²) in [5, 5.41) is 24.0. The highest BCUT2D eigenvalue weighted by Crippen LogP contribution is 2.27. The monoisotopic (exact) mass is 553 g/mol. The van der Waals surface area contributed by atoms with Crippen LogP contribution in [0.5, 0.6) is 5.88 Å². The lowest BCUT2D eigenvalue weighted by Gasteiger charge is -2.21. The molecule has 8 heteroatoms. The van der Waals surface area contributed by atoms with Crippen molar-refractivity contribution in [3.8, 4) is 17.0 Å². The van der Waals surface area contributed by atoms with Crippen LogP contribution in [0.4, 0.5) is 5.69 Å². The lowest BCUT2D eigenvalue weighted by molar-refractivity contribution is -0.146. The molecular formula is C33H35N3O5. The summed E-state index contributed by atoms with van der Waals surface area (Å²) in [6.45, 7) is 6.52. The van der Waals surface area contributed by atoms with Crippen molar-refractivity contribution in [1.82, 2.24) is 10.3 Å². The van der Waals surface area contributed by atoms with E-state index in [2.05, 4.69) is 60.7 Å². The van der Waals surface area contributed by atoms with Gasteiger partial charge in [-0.25, -0.2) is 9.78 Å². The van der Waals surface area contributed by atoms with E-state index in [1.165, 1.54) is 5.56 Å². The molecule has 0 fully saturated rings. The van der Waals surface area contributed by atoms with Crippen LogP contribution in [-0.4, -0.2) is 46.3 Å². The number of aliphatic hydroxyl groups is 1. The third-order valence-electron chi connectivity index (χ3n) is 6.65. The Bertz CT molecular complexity index is 1430. The van der Waals surface area contributed by atoms with Crippen LogP contribution in [0.3, 0.4) is 0 Å². The van der Waals surface area contributed by atoms with Crippen molar-refractivity contribution in [2.75, 3.05) is 18.5 Å². The average molecular weight is 554 g/mol. The zero-order valence-corrected chi connectivity index (χ0v) is 23.4. The number of carbonyl (C=O) groups is 2. The molecule has 0 spiro atoms. The maximum atomic E-state index is 12.3. The standard InChI is InChI=1S/C33H35N3O5/c1-33(2,3)26-14-9-22(10-15-26)25-13-18-30(34-19-25)41-21-28(23-7-5-4-6-8-23)36-27-16-11-24(12-17-27)31(38)35-20-29(37)32(39)40/h4-19,28-29,36-37H,20-21H2,1-3H3,(H,35,38)(H,39,40). The molecule has 8 nitrogen and oxygen atoms in total. The van der Waals surface area contributed by atoms with Crippen LogP contribution < -0.4 is 15.4 Å². The molecular weight excluding hydrogens is 518 g/mol. The minimum absolute atomic E-state index is 0.0995. The number of ether oxygens (including phenoxy) is 1. The van der Waals surface area contributed by atoms with E-state index in [0.717, 1.165) is 22.4 Å². The van der Waals surface area contributed by atoms with Gasteiger partial charge in [0.15, 0.2) is 6.10 Å². The quantitative estimate of drug-likeness (QED) is 0.195. The molecule has 2 atom stereocenters. The van der Waals surface area contributed by atoms with E-state index in [0.29, 0.717) is 18.1 Å². The minimum atomic E-state index is -1.66. The Morgan fingerprint density at radius 1 is 0.878 bits per heavy atom. The summed E-state index contributed by atoms with van der Waals surface area (Å²) in [6.07, 6.45) is 0.156. The fourth-order valence-electron chi connectivity index (χ4n) is 4.17. The van der Waals surface area contributed by atoms with E-state index in [9.17, 15) is 14.7 Å². The van der Waals surface area contributed by atoms with Gasteiger partial charge in [0, 0.05) is 29.1 Å². The van der Waals surface area contributed by atoms with Crippen LogP contribution in [0, 0.1) is 0 Å². The lowest BCUT2D eigenvalue weighted by Crippen LogP contribution is -2.36. The first-order valence-corrected chi connectivity index (χ1v) is 13.4. The Morgan fingerprint density at radius 3 is 2.12 bits per heavy atom. The number of benzene rings is 3. The van der Waals surface area contributed by atoms with Crippen molar-refractivity contribution >= 4 is 17.6 Å². The number of anilines is 1. The fraction of sp³-hybridized carbons (Fsp3) is 0.242. The molecule has 3 aromatic carbocycles. The second-order valence-electron chi connectivity index (χ2n) is 10.8. The molecule has 4 rings (SSSR count). The molecule has 1 aromatic heterocycles. The van der Waals surface area contributed by atoms with Gasteiger partial charge in [-0.2, -0.15) is 0 Å². The van der Waals surface area contributed by atoms with Crippen LogP contribution in [0.25, 0.3) is 11.1 Å². The van der Waals surface area contributed by atoms with E-state index in [1.54, 1.807) is 24.3 Å². The topological polar surface area (TPSA) is 121 Å². The molecule has 0 saturated carbocycles. The first kappa shape index (κ1) is 29.3. The zero-order chi connectivity index (χ0) is 29.4. The summed E-state index contributed by atoms with van der Waals surface area (Å²) in [4.78, 5) is 27.6. The molecule has 4 aromatic rings. The van der Waals surface area contributed by atoms with Gasteiger partial charge in [-0.15, -0.1) is 0 Å². The summed E-state index contributed by atoms with van der Waals surface area (Å²) < 4.78 is 6.08. The van der Waals surface area contributed by atoms with E-state index in [1.807, 2.05) is 48.7 Å². The van der Waals surface area contributed by atoms with Crippen LogP contribution in [-0.2, 0) is 10.2 Å². The lowest BCUT2D eigenvalue weighted by atomic mass is 9.86. The molecule has 0 aliphatic heterocycles. The average Bonchev–Trinajstić information content (AvgIpc) is 2.98. The number of carbonyl (C=O) groups excluding carboxylic acids is 1. The Kier molecular flexibility index (Phi) is 9.37. The number of hydrogen-bond acceptors (Lipinski definition) is 6. The minimum Gasteiger partial charge on any atom is -0.479 e. The van der Waals surface area contributed by atoms with Crippen molar-refractivity contribution in [2.24, 2.45) is 0 Å². The van der Waals surface area contributed by atoms with Gasteiger partial charge in [0.05, 0.1) is 12.6 Å². The largest absolute Gasteiger partial charge is 0.479 e. The molecule has 0 bridgehead atoms. The molecule has 4 N–H and O–H groups in total. The van der Waals surface area contributed by atoms with Gasteiger partial charge in [0.25, 0.3) is 5.91 Å². The molecule has 0 aliphatic carbocycles. The van der Waals surface area contributed by atoms with Gasteiger partial charge in [-0.05, 0) is 52.4 Å². The summed E-state index contributed by atoms with van der Waals surface area (Å²) in [7, 11) is 0. The number of aromatic nitrogens is 1. The molecule has 1 heterocycles. The first-order chi connectivity index (χ1) is 19.6. The highest BCUT2D eigenvalue weighted by molar-refractivity contribution is 5.94. The van der Waals surface area contributed by atoms with E-state index in [4.69, 9.17) is 9.84 Å². The van der Waals surface area contributed by atoms with Crippen molar-refractivity contribution in [2.45, 2.75) is 38.3 Å². The van der Waals surface area contributed by atoms with Gasteiger partial charge in [0.1, 0.15) is 6.61 Å². The molecule has 212 valence electrons. The number of carboxylic acids is 1. The number of pyridine rings is 1. The molecule has 1 amide bonds. The van der Waals surface area contributed by atoms with Crippen LogP contribution >= 0.6 is 0 Å². The summed E-state index contributed by atoms with van der Waals surface area (Å²) in [6, 6.07) is 28.9. The summed E-state index contributed by atoms with van der Waals surface area (Å²) in [5.74, 6) is -1.35. The summed E-state index contributed by atoms with van der Waals surface area (Å²) >= 11 is 0. The van der Waals surface area contributed by atoms with Gasteiger partial charge in [0.2, 0.25) is 5.88 Å². The van der Waals surface area contributed by atoms with Gasteiger partial charge in [-0.3, -0.25) is 4.79 Å². The van der Waals surface area contributed by atoms with Crippen molar-refractivity contribution in [1.29, 1.82) is 0 Å². The van der Waals surface area contributed by atoms with Gasteiger partial charge in [-0.1, -0.05) is 75.4 Å².